The molecule has 0 aliphatic heterocycles. The molecule has 0 spiro atoms. The molecule has 7 nitrogen and oxygen atoms in total. The third kappa shape index (κ3) is 3.49. The first-order valence-electron chi connectivity index (χ1n) is 2.40. The van der Waals surface area contributed by atoms with E-state index in [1.54, 1.807) is 0 Å². The Labute approximate surface area is 63.7 Å². The van der Waals surface area contributed by atoms with E-state index in [0.29, 0.717) is 7.41 Å². The fourth-order valence-corrected chi connectivity index (χ4v) is 2.27. The van der Waals surface area contributed by atoms with Crippen LogP contribution in [0.15, 0.2) is 0 Å². The topological polar surface area (TPSA) is 118 Å². The first-order chi connectivity index (χ1) is 4.69. The van der Waals surface area contributed by atoms with Crippen molar-refractivity contribution < 1.29 is 28.7 Å². The van der Waals surface area contributed by atoms with Gasteiger partial charge in [0.25, 0.3) is 0 Å². The van der Waals surface area contributed by atoms with E-state index in [2.05, 4.69) is 0 Å². The zero-order chi connectivity index (χ0) is 9.28. The first kappa shape index (κ1) is 11.3. The van der Waals surface area contributed by atoms with Crippen molar-refractivity contribution in [2.24, 2.45) is 0 Å². The average molecular weight is 202 g/mol. The minimum absolute atomic E-state index is 0.292. The number of hydrogen-bond donors (Lipinski definition) is 4. The molecule has 0 aliphatic rings. The summed E-state index contributed by atoms with van der Waals surface area (Å²) in [5.74, 6) is 0. The lowest BCUT2D eigenvalue weighted by atomic mass is 10.0. The van der Waals surface area contributed by atoms with Gasteiger partial charge in [0.2, 0.25) is 7.41 Å². The van der Waals surface area contributed by atoms with Crippen molar-refractivity contribution in [1.82, 2.24) is 4.35 Å². The van der Waals surface area contributed by atoms with Crippen LogP contribution in [0, 0.1) is 0 Å². The smallest absolute Gasteiger partial charge is 0.313 e. The highest BCUT2D eigenvalue weighted by molar-refractivity contribution is 7.67. The highest BCUT2D eigenvalue weighted by atomic mass is 31.3. The van der Waals surface area contributed by atoms with Gasteiger partial charge in [-0.2, -0.15) is 4.35 Å². The minimum Gasteiger partial charge on any atom is -0.313 e. The molecule has 0 atom stereocenters. The van der Waals surface area contributed by atoms with Crippen molar-refractivity contribution in [3.8, 4) is 0 Å². The maximum absolute atomic E-state index is 10.3. The van der Waals surface area contributed by atoms with Gasteiger partial charge in [0.1, 0.15) is 0 Å². The number of rotatable bonds is 3. The molecule has 0 aliphatic carbocycles. The fraction of sp³-hybridized carbons (Fsp3) is 1.00. The van der Waals surface area contributed by atoms with E-state index in [-0.39, 0.29) is 4.35 Å². The highest BCUT2D eigenvalue weighted by Crippen LogP contribution is 2.56. The van der Waals surface area contributed by atoms with Gasteiger partial charge >= 0.3 is 15.5 Å². The van der Waals surface area contributed by atoms with Gasteiger partial charge in [0.05, 0.1) is 0 Å². The monoisotopic (exact) mass is 202 g/mol. The average Bonchev–Trinajstić information content (AvgIpc) is 1.56. The molecule has 0 bridgehead atoms. The Hall–Kier alpha value is 0.325. The summed E-state index contributed by atoms with van der Waals surface area (Å²) in [5.41, 5.74) is 0. The van der Waals surface area contributed by atoms with Gasteiger partial charge in [-0.05, 0) is 0 Å². The summed E-state index contributed by atoms with van der Waals surface area (Å²) in [5, 5.41) is 0. The van der Waals surface area contributed by atoms with Gasteiger partial charge in [-0.15, -0.1) is 0 Å². The third-order valence-electron chi connectivity index (χ3n) is 0.765. The van der Waals surface area contributed by atoms with E-state index in [1.807, 2.05) is 0 Å². The fourth-order valence-electron chi connectivity index (χ4n) is 0.453. The van der Waals surface area contributed by atoms with Crippen LogP contribution in [0.3, 0.4) is 0 Å². The van der Waals surface area contributed by atoms with Crippen LogP contribution >= 0.6 is 15.5 Å². The van der Waals surface area contributed by atoms with Crippen LogP contribution in [0.1, 0.15) is 0 Å². The summed E-state index contributed by atoms with van der Waals surface area (Å²) < 4.78 is 20.3. The SMILES string of the molecule is C[B]N(P(=O)(O)O)P(=O)(O)O. The van der Waals surface area contributed by atoms with Crippen LogP contribution in [-0.2, 0) is 9.13 Å². The second-order valence-electron chi connectivity index (χ2n) is 1.61. The molecule has 0 aromatic carbocycles. The predicted molar refractivity (Wildman–Crippen MR) is 37.5 cm³/mol. The van der Waals surface area contributed by atoms with Crippen LogP contribution in [0.25, 0.3) is 0 Å². The van der Waals surface area contributed by atoms with Gasteiger partial charge in [0, 0.05) is 0 Å². The van der Waals surface area contributed by atoms with E-state index in [0.717, 1.165) is 6.82 Å². The van der Waals surface area contributed by atoms with Gasteiger partial charge in [0.15, 0.2) is 0 Å². The second kappa shape index (κ2) is 3.37. The standard InChI is InChI=1S/CH7BNO6P2/c1-2-3(10(4,5)6)11(7,8)9/h1H3,(H2,4,5,6)(H2,7,8,9). The normalized spacial score (nSPS) is 13.6. The lowest BCUT2D eigenvalue weighted by Gasteiger charge is -2.21. The zero-order valence-corrected chi connectivity index (χ0v) is 7.31. The molecular formula is CH7BNO6P2. The van der Waals surface area contributed by atoms with Crippen molar-refractivity contribution in [2.45, 2.75) is 6.82 Å². The quantitative estimate of drug-likeness (QED) is 0.347. The van der Waals surface area contributed by atoms with Crippen molar-refractivity contribution in [1.29, 1.82) is 0 Å². The lowest BCUT2D eigenvalue weighted by Crippen LogP contribution is -2.18. The molecule has 0 aromatic rings. The van der Waals surface area contributed by atoms with Crippen molar-refractivity contribution >= 4 is 22.9 Å². The Morgan fingerprint density at radius 2 is 1.36 bits per heavy atom. The molecule has 0 heterocycles. The summed E-state index contributed by atoms with van der Waals surface area (Å²) in [4.78, 5) is 33.3. The molecule has 11 heavy (non-hydrogen) atoms. The Kier molecular flexibility index (Phi) is 3.47. The van der Waals surface area contributed by atoms with Gasteiger partial charge < -0.3 is 19.6 Å². The molecule has 0 fully saturated rings. The molecule has 65 valence electrons. The van der Waals surface area contributed by atoms with E-state index in [9.17, 15) is 9.13 Å². The summed E-state index contributed by atoms with van der Waals surface area (Å²) >= 11 is 0. The zero-order valence-electron chi connectivity index (χ0n) is 5.52. The van der Waals surface area contributed by atoms with E-state index < -0.39 is 15.5 Å². The van der Waals surface area contributed by atoms with E-state index in [4.69, 9.17) is 19.6 Å². The Morgan fingerprint density at radius 1 is 1.09 bits per heavy atom. The molecule has 10 heteroatoms. The summed E-state index contributed by atoms with van der Waals surface area (Å²) in [7, 11) is -9.12. The maximum atomic E-state index is 10.3. The van der Waals surface area contributed by atoms with E-state index >= 15 is 0 Å². The molecule has 0 amide bonds. The largest absolute Gasteiger partial charge is 0.401 e. The Bertz CT molecular complexity index is 195. The van der Waals surface area contributed by atoms with Crippen molar-refractivity contribution in [3.05, 3.63) is 0 Å². The molecule has 0 aromatic heterocycles. The molecule has 0 saturated heterocycles. The number of hydrogen-bond acceptors (Lipinski definition) is 2. The van der Waals surface area contributed by atoms with Gasteiger partial charge in [-0.1, -0.05) is 6.82 Å². The second-order valence-corrected chi connectivity index (χ2v) is 4.84. The summed E-state index contributed by atoms with van der Waals surface area (Å²) in [6, 6.07) is 0. The van der Waals surface area contributed by atoms with Crippen LogP contribution < -0.4 is 0 Å². The van der Waals surface area contributed by atoms with Crippen molar-refractivity contribution in [2.75, 3.05) is 0 Å². The summed E-state index contributed by atoms with van der Waals surface area (Å²) in [6.45, 7) is 1.11. The van der Waals surface area contributed by atoms with Crippen molar-refractivity contribution in [3.63, 3.8) is 0 Å². The van der Waals surface area contributed by atoms with Crippen LogP contribution in [-0.4, -0.2) is 31.3 Å². The molecule has 1 radical (unpaired) electrons. The molecule has 0 unspecified atom stereocenters. The van der Waals surface area contributed by atoms with E-state index in [1.165, 1.54) is 0 Å². The van der Waals surface area contributed by atoms with Crippen LogP contribution in [0.5, 0.6) is 0 Å². The molecule has 0 rings (SSSR count). The Balaban J connectivity index is 4.72. The molecule has 4 N–H and O–H groups in total. The van der Waals surface area contributed by atoms with Crippen LogP contribution in [0.2, 0.25) is 6.82 Å². The minimum atomic E-state index is -4.88. The van der Waals surface area contributed by atoms with Crippen LogP contribution in [0.4, 0.5) is 0 Å². The van der Waals surface area contributed by atoms with Gasteiger partial charge in [-0.3, -0.25) is 0 Å². The lowest BCUT2D eigenvalue weighted by molar-refractivity contribution is 0.306. The summed E-state index contributed by atoms with van der Waals surface area (Å²) in [6.07, 6.45) is 0. The number of nitrogens with zero attached hydrogens (tertiary/aromatic N) is 1. The Morgan fingerprint density at radius 3 is 1.36 bits per heavy atom. The third-order valence-corrected chi connectivity index (χ3v) is 3.69. The first-order valence-corrected chi connectivity index (χ1v) is 5.53. The maximum Gasteiger partial charge on any atom is 0.401 e. The molecule has 0 saturated carbocycles. The van der Waals surface area contributed by atoms with Gasteiger partial charge in [-0.25, -0.2) is 9.13 Å². The molecular weight excluding hydrogens is 195 g/mol. The predicted octanol–water partition coefficient (Wildman–Crippen LogP) is -0.859. The highest BCUT2D eigenvalue weighted by Gasteiger charge is 2.37.